The molecular formula is C16H27N3O2. The van der Waals surface area contributed by atoms with Crippen molar-refractivity contribution in [1.82, 2.24) is 4.90 Å². The van der Waals surface area contributed by atoms with Crippen molar-refractivity contribution >= 4 is 17.3 Å². The van der Waals surface area contributed by atoms with Gasteiger partial charge in [0.2, 0.25) is 0 Å². The highest BCUT2D eigenvalue weighted by Crippen LogP contribution is 2.18. The topological polar surface area (TPSA) is 67.6 Å². The van der Waals surface area contributed by atoms with Crippen LogP contribution in [0.1, 0.15) is 38.1 Å². The second-order valence-corrected chi connectivity index (χ2v) is 5.65. The molecule has 0 saturated heterocycles. The van der Waals surface area contributed by atoms with Gasteiger partial charge in [-0.3, -0.25) is 4.90 Å². The van der Waals surface area contributed by atoms with Crippen molar-refractivity contribution in [3.63, 3.8) is 0 Å². The quantitative estimate of drug-likeness (QED) is 0.597. The van der Waals surface area contributed by atoms with Crippen LogP contribution >= 0.6 is 0 Å². The van der Waals surface area contributed by atoms with Gasteiger partial charge in [0, 0.05) is 36.5 Å². The van der Waals surface area contributed by atoms with E-state index in [1.807, 2.05) is 6.07 Å². The molecule has 0 unspecified atom stereocenters. The molecule has 0 amide bonds. The van der Waals surface area contributed by atoms with E-state index in [1.54, 1.807) is 12.1 Å². The van der Waals surface area contributed by atoms with Crippen molar-refractivity contribution in [3.05, 3.63) is 23.8 Å². The van der Waals surface area contributed by atoms with Crippen LogP contribution in [0.2, 0.25) is 0 Å². The van der Waals surface area contributed by atoms with E-state index in [2.05, 4.69) is 37.9 Å². The highest BCUT2D eigenvalue weighted by atomic mass is 16.5. The highest BCUT2D eigenvalue weighted by molar-refractivity contribution is 5.96. The number of hydrogen-bond acceptors (Lipinski definition) is 5. The molecule has 0 aliphatic rings. The van der Waals surface area contributed by atoms with E-state index in [4.69, 9.17) is 10.5 Å². The molecule has 0 radical (unpaired) electrons. The number of hydrogen-bond donors (Lipinski definition) is 2. The molecule has 1 aromatic carbocycles. The lowest BCUT2D eigenvalue weighted by Crippen LogP contribution is -2.40. The molecule has 1 rings (SSSR count). The van der Waals surface area contributed by atoms with Gasteiger partial charge < -0.3 is 15.8 Å². The Bertz CT molecular complexity index is 465. The molecule has 3 N–H and O–H groups in total. The van der Waals surface area contributed by atoms with Gasteiger partial charge in [0.15, 0.2) is 0 Å². The molecule has 0 aliphatic heterocycles. The first-order chi connectivity index (χ1) is 9.86. The van der Waals surface area contributed by atoms with Gasteiger partial charge in [-0.2, -0.15) is 0 Å². The first-order valence-electron chi connectivity index (χ1n) is 7.34. The van der Waals surface area contributed by atoms with Crippen molar-refractivity contribution < 1.29 is 9.53 Å². The van der Waals surface area contributed by atoms with E-state index < -0.39 is 5.97 Å². The molecule has 0 spiro atoms. The number of nitrogens with one attached hydrogen (secondary N) is 1. The number of esters is 1. The molecule has 0 aromatic heterocycles. The summed E-state index contributed by atoms with van der Waals surface area (Å²) in [6.45, 7) is 10.5. The smallest absolute Gasteiger partial charge is 0.340 e. The number of benzene rings is 1. The Morgan fingerprint density at radius 2 is 1.90 bits per heavy atom. The maximum absolute atomic E-state index is 11.6. The van der Waals surface area contributed by atoms with Crippen LogP contribution in [0.25, 0.3) is 0 Å². The van der Waals surface area contributed by atoms with E-state index >= 15 is 0 Å². The summed E-state index contributed by atoms with van der Waals surface area (Å²) in [4.78, 5) is 14.0. The summed E-state index contributed by atoms with van der Waals surface area (Å²) in [5.41, 5.74) is 7.48. The van der Waals surface area contributed by atoms with Gasteiger partial charge in [-0.25, -0.2) is 4.79 Å². The summed E-state index contributed by atoms with van der Waals surface area (Å²) >= 11 is 0. The second-order valence-electron chi connectivity index (χ2n) is 5.65. The summed E-state index contributed by atoms with van der Waals surface area (Å²) < 4.78 is 4.72. The molecule has 0 atom stereocenters. The molecule has 5 heteroatoms. The summed E-state index contributed by atoms with van der Waals surface area (Å²) in [6, 6.07) is 6.33. The highest BCUT2D eigenvalue weighted by Gasteiger charge is 2.13. The van der Waals surface area contributed by atoms with Gasteiger partial charge in [0.1, 0.15) is 0 Å². The van der Waals surface area contributed by atoms with Crippen molar-refractivity contribution in [2.24, 2.45) is 0 Å². The summed E-state index contributed by atoms with van der Waals surface area (Å²) in [5, 5.41) is 3.33. The van der Waals surface area contributed by atoms with E-state index in [0.29, 0.717) is 23.3 Å². The summed E-state index contributed by atoms with van der Waals surface area (Å²) in [6.07, 6.45) is 0. The van der Waals surface area contributed by atoms with Crippen molar-refractivity contribution in [1.29, 1.82) is 0 Å². The minimum atomic E-state index is -0.415. The van der Waals surface area contributed by atoms with E-state index in [9.17, 15) is 4.79 Å². The number of nitrogens with zero attached hydrogens (tertiary/aromatic N) is 1. The van der Waals surface area contributed by atoms with Crippen molar-refractivity contribution in [3.8, 4) is 0 Å². The molecule has 0 fully saturated rings. The summed E-state index contributed by atoms with van der Waals surface area (Å²) in [7, 11) is 1.35. The Labute approximate surface area is 127 Å². The largest absolute Gasteiger partial charge is 0.465 e. The zero-order valence-electron chi connectivity index (χ0n) is 13.6. The van der Waals surface area contributed by atoms with Crippen LogP contribution in [-0.4, -0.2) is 43.2 Å². The van der Waals surface area contributed by atoms with Gasteiger partial charge in [-0.15, -0.1) is 0 Å². The Balaban J connectivity index is 2.66. The first kappa shape index (κ1) is 17.3. The van der Waals surface area contributed by atoms with Crippen LogP contribution in [0, 0.1) is 0 Å². The average molecular weight is 293 g/mol. The Morgan fingerprint density at radius 3 is 2.43 bits per heavy atom. The third-order valence-corrected chi connectivity index (χ3v) is 3.48. The maximum Gasteiger partial charge on any atom is 0.340 e. The molecule has 0 saturated carbocycles. The molecule has 0 bridgehead atoms. The minimum absolute atomic E-state index is 0.395. The lowest BCUT2D eigenvalue weighted by atomic mass is 10.1. The van der Waals surface area contributed by atoms with Gasteiger partial charge >= 0.3 is 5.97 Å². The monoisotopic (exact) mass is 293 g/mol. The fraction of sp³-hybridized carbons (Fsp3) is 0.562. The molecule has 0 heterocycles. The molecule has 5 nitrogen and oxygen atoms in total. The van der Waals surface area contributed by atoms with Crippen LogP contribution < -0.4 is 11.1 Å². The molecule has 0 aliphatic carbocycles. The minimum Gasteiger partial charge on any atom is -0.465 e. The zero-order valence-corrected chi connectivity index (χ0v) is 13.6. The average Bonchev–Trinajstić information content (AvgIpc) is 2.43. The standard InChI is InChI=1S/C16H27N3O2/c1-11(2)19(12(3)4)9-8-18-13-6-7-15(17)14(10-13)16(20)21-5/h6-7,10-12,18H,8-9,17H2,1-5H3. The second kappa shape index (κ2) is 7.88. The van der Waals surface area contributed by atoms with Gasteiger partial charge in [-0.1, -0.05) is 0 Å². The van der Waals surface area contributed by atoms with Gasteiger partial charge in [0.05, 0.1) is 12.7 Å². The van der Waals surface area contributed by atoms with E-state index in [1.165, 1.54) is 7.11 Å². The maximum atomic E-state index is 11.6. The lowest BCUT2D eigenvalue weighted by Gasteiger charge is -2.30. The SMILES string of the molecule is COC(=O)c1cc(NCCN(C(C)C)C(C)C)ccc1N. The third kappa shape index (κ3) is 4.93. The van der Waals surface area contributed by atoms with Crippen molar-refractivity contribution in [2.45, 2.75) is 39.8 Å². The number of carbonyl (C=O) groups is 1. The van der Waals surface area contributed by atoms with Gasteiger partial charge in [0.25, 0.3) is 0 Å². The fourth-order valence-corrected chi connectivity index (χ4v) is 2.39. The predicted molar refractivity (Wildman–Crippen MR) is 87.7 cm³/mol. The van der Waals surface area contributed by atoms with E-state index in [-0.39, 0.29) is 0 Å². The number of anilines is 2. The number of methoxy groups -OCH3 is 1. The molecule has 1 aromatic rings. The first-order valence-corrected chi connectivity index (χ1v) is 7.34. The van der Waals surface area contributed by atoms with Crippen LogP contribution in [0.5, 0.6) is 0 Å². The number of ether oxygens (including phenoxy) is 1. The Hall–Kier alpha value is -1.75. The Morgan fingerprint density at radius 1 is 1.29 bits per heavy atom. The lowest BCUT2D eigenvalue weighted by molar-refractivity contribution is 0.0602. The number of carbonyl (C=O) groups excluding carboxylic acids is 1. The van der Waals surface area contributed by atoms with Crippen LogP contribution in [0.4, 0.5) is 11.4 Å². The van der Waals surface area contributed by atoms with E-state index in [0.717, 1.165) is 18.8 Å². The molecule has 118 valence electrons. The number of nitrogen functional groups attached to an aromatic ring is 1. The zero-order chi connectivity index (χ0) is 16.0. The molecule has 21 heavy (non-hydrogen) atoms. The van der Waals surface area contributed by atoms with Crippen LogP contribution in [0.3, 0.4) is 0 Å². The third-order valence-electron chi connectivity index (χ3n) is 3.48. The summed E-state index contributed by atoms with van der Waals surface area (Å²) in [5.74, 6) is -0.415. The fourth-order valence-electron chi connectivity index (χ4n) is 2.39. The van der Waals surface area contributed by atoms with Crippen LogP contribution in [-0.2, 0) is 4.74 Å². The number of rotatable bonds is 7. The predicted octanol–water partition coefficient (Wildman–Crippen LogP) is 2.59. The Kier molecular flexibility index (Phi) is 6.49. The molecular weight excluding hydrogens is 266 g/mol. The van der Waals surface area contributed by atoms with Crippen LogP contribution in [0.15, 0.2) is 18.2 Å². The number of nitrogens with two attached hydrogens (primary N) is 1. The van der Waals surface area contributed by atoms with Crippen molar-refractivity contribution in [2.75, 3.05) is 31.2 Å². The normalized spacial score (nSPS) is 11.2. The van der Waals surface area contributed by atoms with Gasteiger partial charge in [-0.05, 0) is 45.9 Å².